The minimum absolute atomic E-state index is 0.0420. The molecule has 3 N–H and O–H groups in total. The number of fused-ring (bicyclic) bond motifs is 1. The van der Waals surface area contributed by atoms with Gasteiger partial charge in [0, 0.05) is 24.2 Å². The first kappa shape index (κ1) is 26.5. The molecule has 2 aliphatic rings. The number of carbonyl (C=O) groups excluding carboxylic acids is 1. The zero-order valence-electron chi connectivity index (χ0n) is 21.7. The predicted octanol–water partition coefficient (Wildman–Crippen LogP) is 3.64. The minimum atomic E-state index is -3.89. The second kappa shape index (κ2) is 10.2. The van der Waals surface area contributed by atoms with Crippen LogP contribution in [0, 0.1) is 18.7 Å². The van der Waals surface area contributed by atoms with Crippen molar-refractivity contribution in [1.29, 1.82) is 0 Å². The SMILES string of the molecule is Cc1cc(Nc2nn(C3CC3)c3cnc(S(=O)(=O)N4CCC(OC(=O)[C@@H](N)C(C)C)CC4)cc23)ccc1F. The molecule has 1 saturated heterocycles. The molecular formula is C26H33FN6O4S. The van der Waals surface area contributed by atoms with Gasteiger partial charge < -0.3 is 15.8 Å². The molecule has 204 valence electrons. The first-order valence-corrected chi connectivity index (χ1v) is 14.4. The number of anilines is 2. The van der Waals surface area contributed by atoms with E-state index in [1.165, 1.54) is 10.4 Å². The van der Waals surface area contributed by atoms with Gasteiger partial charge in [-0.25, -0.2) is 17.8 Å². The van der Waals surface area contributed by atoms with Gasteiger partial charge >= 0.3 is 5.97 Å². The predicted molar refractivity (Wildman–Crippen MR) is 141 cm³/mol. The molecule has 0 radical (unpaired) electrons. The quantitative estimate of drug-likeness (QED) is 0.411. The maximum absolute atomic E-state index is 13.8. The Bertz CT molecular complexity index is 1460. The number of esters is 1. The highest BCUT2D eigenvalue weighted by atomic mass is 32.2. The number of pyridine rings is 1. The van der Waals surface area contributed by atoms with Gasteiger partial charge in [0.1, 0.15) is 18.0 Å². The number of nitrogens with one attached hydrogen (secondary N) is 1. The fraction of sp³-hybridized carbons (Fsp3) is 0.500. The van der Waals surface area contributed by atoms with Gasteiger partial charge in [-0.15, -0.1) is 0 Å². The largest absolute Gasteiger partial charge is 0.461 e. The van der Waals surface area contributed by atoms with E-state index in [1.807, 2.05) is 18.5 Å². The molecule has 1 aliphatic carbocycles. The van der Waals surface area contributed by atoms with Crippen LogP contribution in [-0.2, 0) is 19.6 Å². The third kappa shape index (κ3) is 5.25. The van der Waals surface area contributed by atoms with E-state index >= 15 is 0 Å². The molecule has 1 aromatic carbocycles. The normalized spacial score (nSPS) is 18.2. The van der Waals surface area contributed by atoms with Crippen molar-refractivity contribution in [1.82, 2.24) is 19.1 Å². The van der Waals surface area contributed by atoms with Crippen molar-refractivity contribution in [3.05, 3.63) is 41.8 Å². The molecule has 10 nitrogen and oxygen atoms in total. The van der Waals surface area contributed by atoms with Crippen LogP contribution in [0.3, 0.4) is 0 Å². The van der Waals surface area contributed by atoms with Crippen molar-refractivity contribution in [2.45, 2.75) is 69.7 Å². The van der Waals surface area contributed by atoms with E-state index in [4.69, 9.17) is 15.6 Å². The summed E-state index contributed by atoms with van der Waals surface area (Å²) in [5, 5.41) is 8.48. The first-order valence-electron chi connectivity index (χ1n) is 12.9. The number of aryl methyl sites for hydroxylation is 1. The second-order valence-corrected chi connectivity index (χ2v) is 12.3. The number of nitrogens with two attached hydrogens (primary N) is 1. The summed E-state index contributed by atoms with van der Waals surface area (Å²) in [7, 11) is -3.89. The summed E-state index contributed by atoms with van der Waals surface area (Å²) in [6.45, 7) is 5.79. The maximum Gasteiger partial charge on any atom is 0.323 e. The lowest BCUT2D eigenvalue weighted by Crippen LogP contribution is -2.44. The number of nitrogens with zero attached hydrogens (tertiary/aromatic N) is 4. The molecule has 2 fully saturated rings. The Kier molecular flexibility index (Phi) is 7.14. The van der Waals surface area contributed by atoms with Gasteiger partial charge in [-0.1, -0.05) is 13.8 Å². The number of halogens is 1. The highest BCUT2D eigenvalue weighted by Gasteiger charge is 2.34. The monoisotopic (exact) mass is 544 g/mol. The third-order valence-electron chi connectivity index (χ3n) is 7.16. The summed E-state index contributed by atoms with van der Waals surface area (Å²) in [5.41, 5.74) is 7.76. The van der Waals surface area contributed by atoms with Crippen LogP contribution in [0.5, 0.6) is 0 Å². The van der Waals surface area contributed by atoms with Crippen LogP contribution < -0.4 is 11.1 Å². The minimum Gasteiger partial charge on any atom is -0.461 e. The van der Waals surface area contributed by atoms with Crippen LogP contribution in [0.1, 0.15) is 51.1 Å². The molecule has 3 heterocycles. The van der Waals surface area contributed by atoms with Crippen LogP contribution in [0.4, 0.5) is 15.9 Å². The average Bonchev–Trinajstić information content (AvgIpc) is 3.68. The smallest absolute Gasteiger partial charge is 0.323 e. The Morgan fingerprint density at radius 3 is 2.53 bits per heavy atom. The molecular weight excluding hydrogens is 511 g/mol. The van der Waals surface area contributed by atoms with E-state index in [2.05, 4.69) is 10.3 Å². The zero-order valence-corrected chi connectivity index (χ0v) is 22.5. The van der Waals surface area contributed by atoms with E-state index < -0.39 is 22.0 Å². The zero-order chi connectivity index (χ0) is 27.2. The van der Waals surface area contributed by atoms with Gasteiger partial charge in [0.05, 0.1) is 17.8 Å². The number of hydrogen-bond acceptors (Lipinski definition) is 8. The molecule has 5 rings (SSSR count). The van der Waals surface area contributed by atoms with Crippen molar-refractivity contribution >= 4 is 38.4 Å². The summed E-state index contributed by atoms with van der Waals surface area (Å²) in [5.74, 6) is -0.316. The fourth-order valence-electron chi connectivity index (χ4n) is 4.54. The lowest BCUT2D eigenvalue weighted by molar-refractivity contribution is -0.153. The van der Waals surface area contributed by atoms with Crippen LogP contribution in [0.2, 0.25) is 0 Å². The van der Waals surface area contributed by atoms with E-state index in [1.54, 1.807) is 31.3 Å². The lowest BCUT2D eigenvalue weighted by atomic mass is 10.1. The molecule has 0 bridgehead atoms. The molecule has 12 heteroatoms. The average molecular weight is 545 g/mol. The van der Waals surface area contributed by atoms with Gasteiger partial charge in [-0.3, -0.25) is 9.48 Å². The van der Waals surface area contributed by atoms with Gasteiger partial charge in [-0.2, -0.15) is 9.40 Å². The molecule has 1 aliphatic heterocycles. The number of aromatic nitrogens is 3. The maximum atomic E-state index is 13.8. The molecule has 1 atom stereocenters. The second-order valence-electron chi connectivity index (χ2n) is 10.5. The van der Waals surface area contributed by atoms with Crippen LogP contribution in [-0.4, -0.2) is 58.7 Å². The molecule has 0 amide bonds. The first-order chi connectivity index (χ1) is 18.0. The van der Waals surface area contributed by atoms with E-state index in [0.717, 1.165) is 18.4 Å². The Labute approximate surface area is 221 Å². The Balaban J connectivity index is 1.37. The van der Waals surface area contributed by atoms with E-state index in [-0.39, 0.29) is 42.0 Å². The van der Waals surface area contributed by atoms with Crippen molar-refractivity contribution in [3.8, 4) is 0 Å². The highest BCUT2D eigenvalue weighted by molar-refractivity contribution is 7.89. The highest BCUT2D eigenvalue weighted by Crippen LogP contribution is 2.39. The summed E-state index contributed by atoms with van der Waals surface area (Å²) in [4.78, 5) is 16.5. The molecule has 38 heavy (non-hydrogen) atoms. The number of ether oxygens (including phenoxy) is 1. The van der Waals surface area contributed by atoms with Crippen molar-refractivity contribution in [2.24, 2.45) is 11.7 Å². The Morgan fingerprint density at radius 2 is 1.89 bits per heavy atom. The van der Waals surface area contributed by atoms with Gasteiger partial charge in [0.15, 0.2) is 10.8 Å². The summed E-state index contributed by atoms with van der Waals surface area (Å²) < 4.78 is 49.5. The molecule has 0 spiro atoms. The van der Waals surface area contributed by atoms with Crippen molar-refractivity contribution in [3.63, 3.8) is 0 Å². The Hall–Kier alpha value is -3.09. The lowest BCUT2D eigenvalue weighted by Gasteiger charge is -2.31. The number of rotatable bonds is 8. The standard InChI is InChI=1S/C26H33FN6O4S/c1-15(2)24(28)26(34)37-19-8-10-32(11-9-19)38(35,36)23-13-20-22(14-29-23)33(18-5-6-18)31-25(20)30-17-4-7-21(27)16(3)12-17/h4,7,12-15,18-19,24H,5-6,8-11,28H2,1-3H3,(H,30,31)/t24-/m0/s1. The number of sulfonamides is 1. The van der Waals surface area contributed by atoms with Crippen molar-refractivity contribution < 1.29 is 22.3 Å². The van der Waals surface area contributed by atoms with Crippen LogP contribution in [0.15, 0.2) is 35.5 Å². The van der Waals surface area contributed by atoms with E-state index in [9.17, 15) is 17.6 Å². The number of benzene rings is 1. The number of carbonyl (C=O) groups is 1. The van der Waals surface area contributed by atoms with Crippen LogP contribution >= 0.6 is 0 Å². The summed E-state index contributed by atoms with van der Waals surface area (Å²) >= 11 is 0. The summed E-state index contributed by atoms with van der Waals surface area (Å²) in [6.07, 6.45) is 3.93. The topological polar surface area (TPSA) is 132 Å². The fourth-order valence-corrected chi connectivity index (χ4v) is 5.95. The molecule has 2 aromatic heterocycles. The Morgan fingerprint density at radius 1 is 1.18 bits per heavy atom. The van der Waals surface area contributed by atoms with Gasteiger partial charge in [0.2, 0.25) is 0 Å². The molecule has 0 unspecified atom stereocenters. The van der Waals surface area contributed by atoms with Crippen LogP contribution in [0.25, 0.3) is 10.9 Å². The molecule has 1 saturated carbocycles. The van der Waals surface area contributed by atoms with E-state index in [0.29, 0.717) is 35.3 Å². The summed E-state index contributed by atoms with van der Waals surface area (Å²) in [6, 6.07) is 5.77. The van der Waals surface area contributed by atoms with Crippen molar-refractivity contribution in [2.75, 3.05) is 18.4 Å². The van der Waals surface area contributed by atoms with Gasteiger partial charge in [-0.05, 0) is 68.4 Å². The third-order valence-corrected chi connectivity index (χ3v) is 8.96. The number of piperidine rings is 1. The number of hydrogen-bond donors (Lipinski definition) is 2. The molecule has 3 aromatic rings. The van der Waals surface area contributed by atoms with Gasteiger partial charge in [0.25, 0.3) is 10.0 Å².